The van der Waals surface area contributed by atoms with E-state index in [0.717, 1.165) is 39.0 Å². The largest absolute Gasteiger partial charge is 0.313 e. The van der Waals surface area contributed by atoms with Gasteiger partial charge in [0.1, 0.15) is 0 Å². The summed E-state index contributed by atoms with van der Waals surface area (Å²) in [5, 5.41) is 3.36. The van der Waals surface area contributed by atoms with Crippen molar-refractivity contribution < 1.29 is 0 Å². The lowest BCUT2D eigenvalue weighted by atomic mass is 10.2. The van der Waals surface area contributed by atoms with Gasteiger partial charge < -0.3 is 5.32 Å². The third-order valence-corrected chi connectivity index (χ3v) is 2.97. The number of hydrogen-bond acceptors (Lipinski definition) is 3. The van der Waals surface area contributed by atoms with Crippen LogP contribution in [0, 0.1) is 0 Å². The van der Waals surface area contributed by atoms with Gasteiger partial charge in [0.15, 0.2) is 0 Å². The van der Waals surface area contributed by atoms with E-state index in [1.54, 1.807) is 0 Å². The van der Waals surface area contributed by atoms with Crippen molar-refractivity contribution in [2.24, 2.45) is 9.98 Å². The summed E-state index contributed by atoms with van der Waals surface area (Å²) in [4.78, 5) is 8.77. The molecule has 0 fully saturated rings. The summed E-state index contributed by atoms with van der Waals surface area (Å²) in [6.45, 7) is 8.19. The average Bonchev–Trinajstić information content (AvgIpc) is 2.43. The van der Waals surface area contributed by atoms with E-state index in [1.165, 1.54) is 38.5 Å². The van der Waals surface area contributed by atoms with Gasteiger partial charge >= 0.3 is 0 Å². The van der Waals surface area contributed by atoms with Gasteiger partial charge in [0.2, 0.25) is 0 Å². The molecule has 1 N–H and O–H groups in total. The Balaban J connectivity index is 3.09. The summed E-state index contributed by atoms with van der Waals surface area (Å²) in [5.41, 5.74) is 0. The zero-order valence-electron chi connectivity index (χ0n) is 13.0. The zero-order valence-corrected chi connectivity index (χ0v) is 13.0. The van der Waals surface area contributed by atoms with Crippen molar-refractivity contribution in [1.82, 2.24) is 5.32 Å². The SMILES string of the molecule is CCCCCC=NCCNCCN=CCCCCC. The summed E-state index contributed by atoms with van der Waals surface area (Å²) in [7, 11) is 0. The topological polar surface area (TPSA) is 36.8 Å². The summed E-state index contributed by atoms with van der Waals surface area (Å²) < 4.78 is 0. The molecular weight excluding hydrogens is 234 g/mol. The molecule has 0 rings (SSSR count). The van der Waals surface area contributed by atoms with Crippen LogP contribution in [0.15, 0.2) is 9.98 Å². The lowest BCUT2D eigenvalue weighted by Gasteiger charge is -1.99. The number of rotatable bonds is 14. The number of nitrogens with one attached hydrogen (secondary N) is 1. The van der Waals surface area contributed by atoms with Gasteiger partial charge in [0, 0.05) is 13.1 Å². The van der Waals surface area contributed by atoms with E-state index in [0.29, 0.717) is 0 Å². The normalized spacial score (nSPS) is 11.9. The maximum absolute atomic E-state index is 4.38. The van der Waals surface area contributed by atoms with Gasteiger partial charge in [-0.25, -0.2) is 0 Å². The molecule has 0 heterocycles. The van der Waals surface area contributed by atoms with Gasteiger partial charge in [-0.3, -0.25) is 9.98 Å². The maximum Gasteiger partial charge on any atom is 0.0510 e. The molecule has 0 aliphatic heterocycles. The Hall–Kier alpha value is -0.700. The average molecular weight is 267 g/mol. The molecule has 0 aliphatic carbocycles. The molecule has 0 aliphatic rings. The summed E-state index contributed by atoms with van der Waals surface area (Å²) in [6, 6.07) is 0. The van der Waals surface area contributed by atoms with Crippen molar-refractivity contribution in [1.29, 1.82) is 0 Å². The molecule has 0 atom stereocenters. The number of nitrogens with zero attached hydrogens (tertiary/aromatic N) is 2. The van der Waals surface area contributed by atoms with Gasteiger partial charge in [-0.2, -0.15) is 0 Å². The molecule has 0 spiro atoms. The fraction of sp³-hybridized carbons (Fsp3) is 0.875. The van der Waals surface area contributed by atoms with E-state index in [1.807, 2.05) is 0 Å². The van der Waals surface area contributed by atoms with Crippen molar-refractivity contribution >= 4 is 12.4 Å². The van der Waals surface area contributed by atoms with E-state index in [2.05, 4.69) is 41.6 Å². The quantitative estimate of drug-likeness (QED) is 0.376. The first-order valence-electron chi connectivity index (χ1n) is 8.09. The molecule has 0 aromatic rings. The molecule has 0 aromatic carbocycles. The highest BCUT2D eigenvalue weighted by atomic mass is 14.9. The summed E-state index contributed by atoms with van der Waals surface area (Å²) >= 11 is 0. The third kappa shape index (κ3) is 17.3. The Labute approximate surface area is 120 Å². The standard InChI is InChI=1S/C16H33N3/c1-3-5-7-9-11-17-13-15-19-16-14-18-12-10-8-6-4-2/h11-12,19H,3-10,13-16H2,1-2H3. The van der Waals surface area contributed by atoms with Crippen LogP contribution in [-0.2, 0) is 0 Å². The molecule has 0 bridgehead atoms. The smallest absolute Gasteiger partial charge is 0.0510 e. The van der Waals surface area contributed by atoms with Crippen molar-refractivity contribution in [3.8, 4) is 0 Å². The third-order valence-electron chi connectivity index (χ3n) is 2.97. The number of unbranched alkanes of at least 4 members (excludes halogenated alkanes) is 6. The van der Waals surface area contributed by atoms with Crippen LogP contribution in [0.1, 0.15) is 65.2 Å². The predicted octanol–water partition coefficient (Wildman–Crippen LogP) is 3.88. The van der Waals surface area contributed by atoms with Crippen LogP contribution in [0.3, 0.4) is 0 Å². The minimum absolute atomic E-state index is 0.895. The van der Waals surface area contributed by atoms with E-state index in [-0.39, 0.29) is 0 Å². The Morgan fingerprint density at radius 1 is 0.737 bits per heavy atom. The van der Waals surface area contributed by atoms with Crippen LogP contribution < -0.4 is 5.32 Å². The molecule has 19 heavy (non-hydrogen) atoms. The van der Waals surface area contributed by atoms with E-state index < -0.39 is 0 Å². The molecule has 0 unspecified atom stereocenters. The highest BCUT2D eigenvalue weighted by Crippen LogP contribution is 1.96. The van der Waals surface area contributed by atoms with Crippen LogP contribution in [0.5, 0.6) is 0 Å². The van der Waals surface area contributed by atoms with E-state index in [9.17, 15) is 0 Å². The van der Waals surface area contributed by atoms with Crippen LogP contribution in [0.4, 0.5) is 0 Å². The maximum atomic E-state index is 4.38. The van der Waals surface area contributed by atoms with E-state index in [4.69, 9.17) is 0 Å². The molecule has 0 amide bonds. The highest BCUT2D eigenvalue weighted by Gasteiger charge is 1.86. The van der Waals surface area contributed by atoms with Crippen molar-refractivity contribution in [2.45, 2.75) is 65.2 Å². The zero-order chi connectivity index (χ0) is 14.0. The lowest BCUT2D eigenvalue weighted by molar-refractivity contribution is 0.694. The first kappa shape index (κ1) is 18.3. The molecule has 3 heteroatoms. The second-order valence-corrected chi connectivity index (χ2v) is 4.92. The Bertz CT molecular complexity index is 190. The number of hydrogen-bond donors (Lipinski definition) is 1. The Morgan fingerprint density at radius 3 is 1.63 bits per heavy atom. The van der Waals surface area contributed by atoms with Gasteiger partial charge in [-0.05, 0) is 38.1 Å². The second-order valence-electron chi connectivity index (χ2n) is 4.92. The first-order chi connectivity index (χ1) is 9.41. The fourth-order valence-corrected chi connectivity index (χ4v) is 1.75. The Kier molecular flexibility index (Phi) is 16.7. The lowest BCUT2D eigenvalue weighted by Crippen LogP contribution is -2.20. The fourth-order valence-electron chi connectivity index (χ4n) is 1.75. The van der Waals surface area contributed by atoms with Crippen LogP contribution >= 0.6 is 0 Å². The van der Waals surface area contributed by atoms with Crippen molar-refractivity contribution in [3.05, 3.63) is 0 Å². The van der Waals surface area contributed by atoms with Crippen molar-refractivity contribution in [2.75, 3.05) is 26.2 Å². The monoisotopic (exact) mass is 267 g/mol. The Morgan fingerprint density at radius 2 is 1.21 bits per heavy atom. The second kappa shape index (κ2) is 17.3. The molecule has 0 saturated heterocycles. The minimum Gasteiger partial charge on any atom is -0.313 e. The molecule has 0 radical (unpaired) electrons. The summed E-state index contributed by atoms with van der Waals surface area (Å²) in [5.74, 6) is 0. The van der Waals surface area contributed by atoms with Crippen molar-refractivity contribution in [3.63, 3.8) is 0 Å². The van der Waals surface area contributed by atoms with Crippen LogP contribution in [0.2, 0.25) is 0 Å². The number of aliphatic imine (C=N–C) groups is 2. The van der Waals surface area contributed by atoms with Crippen LogP contribution in [0.25, 0.3) is 0 Å². The molecule has 0 aromatic heterocycles. The van der Waals surface area contributed by atoms with Gasteiger partial charge in [0.05, 0.1) is 13.1 Å². The van der Waals surface area contributed by atoms with Gasteiger partial charge in [-0.1, -0.05) is 39.5 Å². The highest BCUT2D eigenvalue weighted by molar-refractivity contribution is 5.57. The first-order valence-corrected chi connectivity index (χ1v) is 8.09. The molecule has 0 saturated carbocycles. The molecule has 112 valence electrons. The molecular formula is C16H33N3. The van der Waals surface area contributed by atoms with Crippen LogP contribution in [-0.4, -0.2) is 38.6 Å². The summed E-state index contributed by atoms with van der Waals surface area (Å²) in [6.07, 6.45) is 14.2. The van der Waals surface area contributed by atoms with E-state index >= 15 is 0 Å². The predicted molar refractivity (Wildman–Crippen MR) is 87.9 cm³/mol. The minimum atomic E-state index is 0.895. The molecule has 3 nitrogen and oxygen atoms in total. The van der Waals surface area contributed by atoms with Gasteiger partial charge in [-0.15, -0.1) is 0 Å². The van der Waals surface area contributed by atoms with Gasteiger partial charge in [0.25, 0.3) is 0 Å².